The smallest absolute Gasteiger partial charge is 0.0700 e. The topological polar surface area (TPSA) is 40.5 Å². The second-order valence-corrected chi connectivity index (χ2v) is 3.94. The molecule has 2 heteroatoms. The average Bonchev–Trinajstić information content (AvgIpc) is 2.57. The lowest BCUT2D eigenvalue weighted by molar-refractivity contribution is -0.0233. The molecule has 2 aliphatic rings. The van der Waals surface area contributed by atoms with Crippen molar-refractivity contribution in [2.75, 3.05) is 6.61 Å². The lowest BCUT2D eigenvalue weighted by atomic mass is 9.89. The minimum Gasteiger partial charge on any atom is -0.396 e. The van der Waals surface area contributed by atoms with Crippen molar-refractivity contribution in [3.8, 4) is 0 Å². The summed E-state index contributed by atoms with van der Waals surface area (Å²) in [5, 5.41) is 18.7. The number of aliphatic hydroxyl groups is 2. The molecule has 0 spiro atoms. The molecule has 0 bridgehead atoms. The Kier molecular flexibility index (Phi) is 1.15. The molecule has 58 valence electrons. The Bertz CT molecular complexity index is 153. The van der Waals surface area contributed by atoms with Gasteiger partial charge in [-0.1, -0.05) is 0 Å². The van der Waals surface area contributed by atoms with Crippen LogP contribution in [0.4, 0.5) is 0 Å². The first-order valence-electron chi connectivity index (χ1n) is 3.99. The van der Waals surface area contributed by atoms with Gasteiger partial charge in [0.15, 0.2) is 0 Å². The first kappa shape index (κ1) is 6.62. The molecule has 4 atom stereocenters. The van der Waals surface area contributed by atoms with Gasteiger partial charge in [0.1, 0.15) is 0 Å². The summed E-state index contributed by atoms with van der Waals surface area (Å²) in [6, 6.07) is 0. The third-order valence-electron chi connectivity index (χ3n) is 3.31. The third kappa shape index (κ3) is 0.663. The predicted octanol–water partition coefficient (Wildman–Crippen LogP) is 0.386. The van der Waals surface area contributed by atoms with Crippen LogP contribution in [0, 0.1) is 17.8 Å². The number of aliphatic hydroxyl groups excluding tert-OH is 1. The van der Waals surface area contributed by atoms with Crippen LogP contribution in [0.1, 0.15) is 19.8 Å². The van der Waals surface area contributed by atoms with Gasteiger partial charge in [-0.25, -0.2) is 0 Å². The van der Waals surface area contributed by atoms with Crippen LogP contribution in [0.3, 0.4) is 0 Å². The number of hydrogen-bond acceptors (Lipinski definition) is 2. The van der Waals surface area contributed by atoms with E-state index in [1.54, 1.807) is 0 Å². The van der Waals surface area contributed by atoms with E-state index in [-0.39, 0.29) is 12.5 Å². The second-order valence-electron chi connectivity index (χ2n) is 3.94. The normalized spacial score (nSPS) is 58.5. The van der Waals surface area contributed by atoms with E-state index >= 15 is 0 Å². The number of fused-ring (bicyclic) bond motifs is 1. The molecule has 0 aliphatic heterocycles. The van der Waals surface area contributed by atoms with E-state index in [0.29, 0.717) is 5.92 Å². The van der Waals surface area contributed by atoms with Crippen LogP contribution in [-0.2, 0) is 0 Å². The molecule has 10 heavy (non-hydrogen) atoms. The second kappa shape index (κ2) is 1.74. The Hall–Kier alpha value is -0.0800. The van der Waals surface area contributed by atoms with E-state index in [1.165, 1.54) is 6.42 Å². The molecule has 0 aromatic heterocycles. The molecule has 0 heterocycles. The Labute approximate surface area is 60.9 Å². The zero-order chi connectivity index (χ0) is 7.35. The van der Waals surface area contributed by atoms with E-state index in [9.17, 15) is 5.11 Å². The van der Waals surface area contributed by atoms with Crippen molar-refractivity contribution in [3.63, 3.8) is 0 Å². The van der Waals surface area contributed by atoms with Gasteiger partial charge in [-0.3, -0.25) is 0 Å². The molecule has 2 aliphatic carbocycles. The van der Waals surface area contributed by atoms with Gasteiger partial charge in [0.2, 0.25) is 0 Å². The first-order valence-corrected chi connectivity index (χ1v) is 3.99. The van der Waals surface area contributed by atoms with Crippen LogP contribution in [0.25, 0.3) is 0 Å². The molecular formula is C8H14O2. The number of hydrogen-bond donors (Lipinski definition) is 2. The van der Waals surface area contributed by atoms with Crippen molar-refractivity contribution in [3.05, 3.63) is 0 Å². The minimum absolute atomic E-state index is 0.149. The van der Waals surface area contributed by atoms with Crippen LogP contribution < -0.4 is 0 Å². The Morgan fingerprint density at radius 1 is 1.50 bits per heavy atom. The molecule has 2 nitrogen and oxygen atoms in total. The lowest BCUT2D eigenvalue weighted by Crippen LogP contribution is -2.35. The molecule has 2 N–H and O–H groups in total. The van der Waals surface area contributed by atoms with Gasteiger partial charge < -0.3 is 10.2 Å². The van der Waals surface area contributed by atoms with E-state index < -0.39 is 5.60 Å². The summed E-state index contributed by atoms with van der Waals surface area (Å²) in [4.78, 5) is 0. The quantitative estimate of drug-likeness (QED) is 0.556. The highest BCUT2D eigenvalue weighted by Gasteiger charge is 2.59. The molecule has 0 aromatic carbocycles. The Balaban J connectivity index is 2.13. The van der Waals surface area contributed by atoms with Gasteiger partial charge in [0.25, 0.3) is 0 Å². The molecule has 2 unspecified atom stereocenters. The van der Waals surface area contributed by atoms with Gasteiger partial charge >= 0.3 is 0 Å². The fraction of sp³-hybridized carbons (Fsp3) is 1.00. The van der Waals surface area contributed by atoms with Crippen molar-refractivity contribution in [2.24, 2.45) is 17.8 Å². The third-order valence-corrected chi connectivity index (χ3v) is 3.31. The summed E-state index contributed by atoms with van der Waals surface area (Å²) in [5.41, 5.74) is -0.556. The van der Waals surface area contributed by atoms with Crippen molar-refractivity contribution in [1.82, 2.24) is 0 Å². The van der Waals surface area contributed by atoms with E-state index in [1.807, 2.05) is 6.92 Å². The highest BCUT2D eigenvalue weighted by atomic mass is 16.3. The summed E-state index contributed by atoms with van der Waals surface area (Å²) >= 11 is 0. The summed E-state index contributed by atoms with van der Waals surface area (Å²) < 4.78 is 0. The Morgan fingerprint density at radius 2 is 2.20 bits per heavy atom. The van der Waals surface area contributed by atoms with Crippen molar-refractivity contribution in [1.29, 1.82) is 0 Å². The van der Waals surface area contributed by atoms with Gasteiger partial charge in [-0.15, -0.1) is 0 Å². The summed E-state index contributed by atoms with van der Waals surface area (Å²) in [7, 11) is 0. The molecule has 2 saturated carbocycles. The van der Waals surface area contributed by atoms with Gasteiger partial charge in [0, 0.05) is 12.5 Å². The van der Waals surface area contributed by atoms with E-state index in [2.05, 4.69) is 0 Å². The monoisotopic (exact) mass is 142 g/mol. The lowest BCUT2D eigenvalue weighted by Gasteiger charge is -2.26. The van der Waals surface area contributed by atoms with Gasteiger partial charge in [-0.2, -0.15) is 0 Å². The Morgan fingerprint density at radius 3 is 2.50 bits per heavy atom. The van der Waals surface area contributed by atoms with Crippen LogP contribution in [0.15, 0.2) is 0 Å². The van der Waals surface area contributed by atoms with Crippen LogP contribution >= 0.6 is 0 Å². The van der Waals surface area contributed by atoms with Crippen LogP contribution in [-0.4, -0.2) is 22.4 Å². The zero-order valence-electron chi connectivity index (χ0n) is 6.25. The number of rotatable bonds is 1. The molecule has 2 fully saturated rings. The maximum absolute atomic E-state index is 9.80. The first-order chi connectivity index (χ1) is 4.66. The predicted molar refractivity (Wildman–Crippen MR) is 37.4 cm³/mol. The maximum atomic E-state index is 9.80. The molecule has 0 saturated heterocycles. The van der Waals surface area contributed by atoms with Crippen molar-refractivity contribution >= 4 is 0 Å². The summed E-state index contributed by atoms with van der Waals surface area (Å²) in [6.45, 7) is 2.02. The van der Waals surface area contributed by atoms with Crippen molar-refractivity contribution < 1.29 is 10.2 Å². The zero-order valence-corrected chi connectivity index (χ0v) is 6.25. The molecule has 0 amide bonds. The molecule has 2 rings (SSSR count). The molecular weight excluding hydrogens is 128 g/mol. The van der Waals surface area contributed by atoms with Crippen LogP contribution in [0.2, 0.25) is 0 Å². The average molecular weight is 142 g/mol. The summed E-state index contributed by atoms with van der Waals surface area (Å²) in [6.07, 6.45) is 2.22. The van der Waals surface area contributed by atoms with E-state index in [4.69, 9.17) is 5.11 Å². The van der Waals surface area contributed by atoms with Gasteiger partial charge in [-0.05, 0) is 31.6 Å². The SMILES string of the molecule is C[C@]1(O)C2CC2C[C@H]1CO. The fourth-order valence-electron chi connectivity index (χ4n) is 2.39. The van der Waals surface area contributed by atoms with Crippen molar-refractivity contribution in [2.45, 2.75) is 25.4 Å². The van der Waals surface area contributed by atoms with Crippen LogP contribution in [0.5, 0.6) is 0 Å². The molecule has 0 aromatic rings. The highest BCUT2D eigenvalue weighted by molar-refractivity contribution is 5.09. The fourth-order valence-corrected chi connectivity index (χ4v) is 2.39. The highest BCUT2D eigenvalue weighted by Crippen LogP contribution is 2.59. The standard InChI is InChI=1S/C8H14O2/c1-8(10)6(4-9)2-5-3-7(5)8/h5-7,9-10H,2-4H2,1H3/t5?,6-,7?,8+/m0/s1. The summed E-state index contributed by atoms with van der Waals surface area (Å²) in [5.74, 6) is 1.38. The largest absolute Gasteiger partial charge is 0.396 e. The van der Waals surface area contributed by atoms with E-state index in [0.717, 1.165) is 12.3 Å². The minimum atomic E-state index is -0.556. The van der Waals surface area contributed by atoms with Gasteiger partial charge in [0.05, 0.1) is 5.60 Å². The molecule has 0 radical (unpaired) electrons. The maximum Gasteiger partial charge on any atom is 0.0700 e.